The highest BCUT2D eigenvalue weighted by molar-refractivity contribution is 8.00. The summed E-state index contributed by atoms with van der Waals surface area (Å²) in [4.78, 5) is 2.11. The lowest BCUT2D eigenvalue weighted by Crippen LogP contribution is -2.30. The summed E-state index contributed by atoms with van der Waals surface area (Å²) in [7, 11) is 5.70. The quantitative estimate of drug-likeness (QED) is 0.867. The number of rotatable bonds is 6. The van der Waals surface area contributed by atoms with Crippen molar-refractivity contribution >= 4 is 11.8 Å². The molecule has 2 rings (SSSR count). The number of aliphatic hydroxyl groups is 1. The van der Waals surface area contributed by atoms with E-state index in [9.17, 15) is 5.11 Å². The van der Waals surface area contributed by atoms with Crippen LogP contribution in [0, 0.1) is 0 Å². The molecule has 5 nitrogen and oxygen atoms in total. The highest BCUT2D eigenvalue weighted by atomic mass is 32.2. The maximum absolute atomic E-state index is 10.9. The standard InChI is InChI=1S/C14H25N3O2S/c1-14(6-5-9-20-14)13(18)12-11(19-4)10-15-17(12)8-7-16(2)3/h10,13,18H,5-9H2,1-4H3. The second-order valence-electron chi connectivity index (χ2n) is 5.79. The molecule has 1 saturated heterocycles. The van der Waals surface area contributed by atoms with Gasteiger partial charge in [0, 0.05) is 11.3 Å². The molecule has 0 aromatic carbocycles. The van der Waals surface area contributed by atoms with Gasteiger partial charge in [-0.3, -0.25) is 4.68 Å². The highest BCUT2D eigenvalue weighted by Crippen LogP contribution is 2.48. The number of aliphatic hydroxyl groups excluding tert-OH is 1. The first kappa shape index (κ1) is 15.7. The van der Waals surface area contributed by atoms with Gasteiger partial charge in [0.1, 0.15) is 11.8 Å². The van der Waals surface area contributed by atoms with Gasteiger partial charge in [-0.2, -0.15) is 16.9 Å². The molecule has 1 aromatic heterocycles. The zero-order valence-electron chi connectivity index (χ0n) is 12.8. The summed E-state index contributed by atoms with van der Waals surface area (Å²) in [6.07, 6.45) is 3.35. The summed E-state index contributed by atoms with van der Waals surface area (Å²) < 4.78 is 7.14. The van der Waals surface area contributed by atoms with Crippen LogP contribution in [0.25, 0.3) is 0 Å². The van der Waals surface area contributed by atoms with E-state index in [0.29, 0.717) is 5.75 Å². The van der Waals surface area contributed by atoms with Gasteiger partial charge in [-0.1, -0.05) is 0 Å². The minimum absolute atomic E-state index is 0.136. The Kier molecular flexibility index (Phi) is 4.99. The van der Waals surface area contributed by atoms with E-state index in [1.807, 2.05) is 30.5 Å². The molecule has 1 aromatic rings. The van der Waals surface area contributed by atoms with E-state index in [1.54, 1.807) is 13.3 Å². The van der Waals surface area contributed by atoms with Crippen molar-refractivity contribution < 1.29 is 9.84 Å². The molecule has 0 spiro atoms. The molecule has 1 aliphatic rings. The van der Waals surface area contributed by atoms with Gasteiger partial charge in [-0.05, 0) is 39.6 Å². The maximum atomic E-state index is 10.9. The first-order valence-corrected chi connectivity index (χ1v) is 8.03. The summed E-state index contributed by atoms with van der Waals surface area (Å²) in [5, 5.41) is 15.2. The number of thioether (sulfide) groups is 1. The van der Waals surface area contributed by atoms with Crippen molar-refractivity contribution in [3.05, 3.63) is 11.9 Å². The Morgan fingerprint density at radius 2 is 2.35 bits per heavy atom. The van der Waals surface area contributed by atoms with E-state index in [4.69, 9.17) is 4.74 Å². The third-order valence-electron chi connectivity index (χ3n) is 3.91. The molecule has 0 amide bonds. The van der Waals surface area contributed by atoms with Crippen LogP contribution in [-0.4, -0.2) is 58.0 Å². The average Bonchev–Trinajstić information content (AvgIpc) is 3.02. The largest absolute Gasteiger partial charge is 0.493 e. The predicted octanol–water partition coefficient (Wildman–Crippen LogP) is 1.77. The van der Waals surface area contributed by atoms with Crippen molar-refractivity contribution in [1.29, 1.82) is 0 Å². The fourth-order valence-electron chi connectivity index (χ4n) is 2.59. The molecule has 0 radical (unpaired) electrons. The Hall–Kier alpha value is -0.720. The number of hydrogen-bond donors (Lipinski definition) is 1. The molecule has 114 valence electrons. The van der Waals surface area contributed by atoms with E-state index >= 15 is 0 Å². The molecular formula is C14H25N3O2S. The lowest BCUT2D eigenvalue weighted by atomic mass is 9.96. The van der Waals surface area contributed by atoms with E-state index in [-0.39, 0.29) is 4.75 Å². The van der Waals surface area contributed by atoms with Crippen LogP contribution in [0.2, 0.25) is 0 Å². The Balaban J connectivity index is 2.25. The van der Waals surface area contributed by atoms with Gasteiger partial charge >= 0.3 is 0 Å². The van der Waals surface area contributed by atoms with Crippen LogP contribution < -0.4 is 4.74 Å². The number of hydrogen-bond acceptors (Lipinski definition) is 5. The molecule has 2 unspecified atom stereocenters. The van der Waals surface area contributed by atoms with Crippen molar-refractivity contribution in [1.82, 2.24) is 14.7 Å². The summed E-state index contributed by atoms with van der Waals surface area (Å²) in [5.41, 5.74) is 0.811. The van der Waals surface area contributed by atoms with Crippen molar-refractivity contribution in [2.45, 2.75) is 37.2 Å². The Bertz CT molecular complexity index is 442. The van der Waals surface area contributed by atoms with Gasteiger partial charge < -0.3 is 14.7 Å². The number of methoxy groups -OCH3 is 1. The van der Waals surface area contributed by atoms with E-state index in [1.165, 1.54) is 0 Å². The van der Waals surface area contributed by atoms with Crippen molar-refractivity contribution in [2.24, 2.45) is 0 Å². The second-order valence-corrected chi connectivity index (χ2v) is 7.42. The van der Waals surface area contributed by atoms with Crippen LogP contribution in [0.1, 0.15) is 31.6 Å². The predicted molar refractivity (Wildman–Crippen MR) is 82.4 cm³/mol. The first-order chi connectivity index (χ1) is 9.48. The smallest absolute Gasteiger partial charge is 0.162 e. The molecule has 0 bridgehead atoms. The van der Waals surface area contributed by atoms with Crippen LogP contribution in [-0.2, 0) is 6.54 Å². The highest BCUT2D eigenvalue weighted by Gasteiger charge is 2.40. The van der Waals surface area contributed by atoms with Crippen LogP contribution in [0.15, 0.2) is 6.20 Å². The summed E-state index contributed by atoms with van der Waals surface area (Å²) >= 11 is 1.85. The summed E-state index contributed by atoms with van der Waals surface area (Å²) in [6, 6.07) is 0. The molecule has 2 heterocycles. The molecular weight excluding hydrogens is 274 g/mol. The number of likely N-dealkylation sites (N-methyl/N-ethyl adjacent to an activating group) is 1. The molecule has 2 atom stereocenters. The Morgan fingerprint density at radius 3 is 2.90 bits per heavy atom. The van der Waals surface area contributed by atoms with E-state index < -0.39 is 6.10 Å². The lowest BCUT2D eigenvalue weighted by Gasteiger charge is -2.30. The van der Waals surface area contributed by atoms with Crippen molar-refractivity contribution in [3.8, 4) is 5.75 Å². The normalized spacial score (nSPS) is 24.3. The van der Waals surface area contributed by atoms with Crippen LogP contribution in [0.3, 0.4) is 0 Å². The molecule has 1 N–H and O–H groups in total. The van der Waals surface area contributed by atoms with E-state index in [0.717, 1.165) is 37.4 Å². The van der Waals surface area contributed by atoms with E-state index in [2.05, 4.69) is 16.9 Å². The minimum Gasteiger partial charge on any atom is -0.493 e. The SMILES string of the molecule is COc1cnn(CCN(C)C)c1C(O)C1(C)CCCS1. The molecule has 1 aliphatic heterocycles. The van der Waals surface area contributed by atoms with Crippen LogP contribution in [0.5, 0.6) is 5.75 Å². The monoisotopic (exact) mass is 299 g/mol. The molecule has 0 aliphatic carbocycles. The molecule has 20 heavy (non-hydrogen) atoms. The van der Waals surface area contributed by atoms with Gasteiger partial charge in [0.05, 0.1) is 19.9 Å². The summed E-state index contributed by atoms with van der Waals surface area (Å²) in [6.45, 7) is 3.77. The minimum atomic E-state index is -0.547. The number of nitrogens with zero attached hydrogens (tertiary/aromatic N) is 3. The van der Waals surface area contributed by atoms with Crippen molar-refractivity contribution in [3.63, 3.8) is 0 Å². The Morgan fingerprint density at radius 1 is 1.60 bits per heavy atom. The first-order valence-electron chi connectivity index (χ1n) is 7.04. The second kappa shape index (κ2) is 6.37. The molecule has 1 fully saturated rings. The number of aromatic nitrogens is 2. The van der Waals surface area contributed by atoms with Crippen LogP contribution in [0.4, 0.5) is 0 Å². The zero-order valence-corrected chi connectivity index (χ0v) is 13.6. The fraction of sp³-hybridized carbons (Fsp3) is 0.786. The fourth-order valence-corrected chi connectivity index (χ4v) is 3.90. The van der Waals surface area contributed by atoms with Gasteiger partial charge in [0.25, 0.3) is 0 Å². The van der Waals surface area contributed by atoms with Gasteiger partial charge in [-0.25, -0.2) is 0 Å². The van der Waals surface area contributed by atoms with Gasteiger partial charge in [-0.15, -0.1) is 0 Å². The zero-order chi connectivity index (χ0) is 14.8. The number of ether oxygens (including phenoxy) is 1. The van der Waals surface area contributed by atoms with Gasteiger partial charge in [0.15, 0.2) is 5.75 Å². The van der Waals surface area contributed by atoms with Crippen molar-refractivity contribution in [2.75, 3.05) is 33.5 Å². The average molecular weight is 299 g/mol. The van der Waals surface area contributed by atoms with Crippen LogP contribution >= 0.6 is 11.8 Å². The van der Waals surface area contributed by atoms with Gasteiger partial charge in [0.2, 0.25) is 0 Å². The Labute approximate surface area is 125 Å². The topological polar surface area (TPSA) is 50.5 Å². The maximum Gasteiger partial charge on any atom is 0.162 e. The molecule has 6 heteroatoms. The third-order valence-corrected chi connectivity index (χ3v) is 5.49. The third kappa shape index (κ3) is 3.13. The lowest BCUT2D eigenvalue weighted by molar-refractivity contribution is 0.120. The summed E-state index contributed by atoms with van der Waals surface area (Å²) in [5.74, 6) is 1.80. The molecule has 0 saturated carbocycles.